The van der Waals surface area contributed by atoms with Gasteiger partial charge in [-0.2, -0.15) is 9.78 Å². The number of aromatic nitrogens is 2. The fourth-order valence-corrected chi connectivity index (χ4v) is 4.11. The van der Waals surface area contributed by atoms with E-state index in [1.807, 2.05) is 30.3 Å². The van der Waals surface area contributed by atoms with Gasteiger partial charge in [-0.25, -0.2) is 4.98 Å². The Balaban J connectivity index is 1.63. The summed E-state index contributed by atoms with van der Waals surface area (Å²) in [6.45, 7) is 2.07. The number of ether oxygens (including phenoxy) is 2. The van der Waals surface area contributed by atoms with Crippen LogP contribution in [0.5, 0.6) is 11.5 Å². The van der Waals surface area contributed by atoms with Gasteiger partial charge in [-0.3, -0.25) is 4.79 Å². The molecule has 0 saturated carbocycles. The molecule has 4 aromatic rings. The predicted molar refractivity (Wildman–Crippen MR) is 138 cm³/mol. The Morgan fingerprint density at radius 3 is 2.55 bits per heavy atom. The van der Waals surface area contributed by atoms with E-state index in [0.717, 1.165) is 14.5 Å². The number of rotatable bonds is 6. The number of hydrogen-bond donors (Lipinski definition) is 0. The molecule has 0 aliphatic rings. The van der Waals surface area contributed by atoms with E-state index in [1.165, 1.54) is 10.9 Å². The van der Waals surface area contributed by atoms with E-state index < -0.39 is 0 Å². The fourth-order valence-electron chi connectivity index (χ4n) is 3.21. The molecule has 4 rings (SSSR count). The van der Waals surface area contributed by atoms with Gasteiger partial charge in [0, 0.05) is 8.95 Å². The third-order valence-electron chi connectivity index (χ3n) is 4.84. The van der Waals surface area contributed by atoms with E-state index in [4.69, 9.17) is 21.1 Å². The van der Waals surface area contributed by atoms with Crippen LogP contribution in [0.3, 0.4) is 0 Å². The number of benzene rings is 3. The summed E-state index contributed by atoms with van der Waals surface area (Å²) >= 11 is 13.3. The number of methoxy groups -OCH3 is 1. The molecular formula is C24H18Br2ClN3O3. The normalized spacial score (nSPS) is 11.3. The van der Waals surface area contributed by atoms with E-state index in [2.05, 4.69) is 41.9 Å². The minimum atomic E-state index is -0.262. The lowest BCUT2D eigenvalue weighted by Crippen LogP contribution is -2.20. The van der Waals surface area contributed by atoms with Gasteiger partial charge in [0.05, 0.1) is 29.2 Å². The molecule has 0 aliphatic carbocycles. The topological polar surface area (TPSA) is 65.7 Å². The summed E-state index contributed by atoms with van der Waals surface area (Å²) in [7, 11) is 1.54. The third kappa shape index (κ3) is 5.29. The first-order chi connectivity index (χ1) is 15.9. The molecule has 168 valence electrons. The zero-order valence-corrected chi connectivity index (χ0v) is 21.6. The van der Waals surface area contributed by atoms with E-state index >= 15 is 0 Å². The molecule has 0 amide bonds. The summed E-state index contributed by atoms with van der Waals surface area (Å²) in [5.41, 5.74) is 1.99. The number of aryl methyl sites for hydroxylation is 1. The van der Waals surface area contributed by atoms with Gasteiger partial charge in [0.15, 0.2) is 11.5 Å². The molecule has 0 atom stereocenters. The monoisotopic (exact) mass is 589 g/mol. The summed E-state index contributed by atoms with van der Waals surface area (Å²) in [6, 6.07) is 16.6. The predicted octanol–water partition coefficient (Wildman–Crippen LogP) is 6.35. The number of halogens is 3. The Labute approximate surface area is 212 Å². The van der Waals surface area contributed by atoms with Gasteiger partial charge in [-0.05, 0) is 60.5 Å². The Hall–Kier alpha value is -2.68. The number of nitrogens with zero attached hydrogens (tertiary/aromatic N) is 3. The van der Waals surface area contributed by atoms with Crippen LogP contribution in [0.1, 0.15) is 17.0 Å². The molecule has 0 radical (unpaired) electrons. The molecule has 33 heavy (non-hydrogen) atoms. The van der Waals surface area contributed by atoms with Crippen molar-refractivity contribution in [2.45, 2.75) is 13.5 Å². The first-order valence-corrected chi connectivity index (χ1v) is 11.8. The van der Waals surface area contributed by atoms with Crippen molar-refractivity contribution in [3.8, 4) is 11.5 Å². The summed E-state index contributed by atoms with van der Waals surface area (Å²) in [5.74, 6) is 1.37. The zero-order valence-electron chi connectivity index (χ0n) is 17.7. The van der Waals surface area contributed by atoms with Gasteiger partial charge in [0.2, 0.25) is 0 Å². The summed E-state index contributed by atoms with van der Waals surface area (Å²) in [4.78, 5) is 17.4. The standard InChI is InChI=1S/C24H18Br2ClN3O3/c1-14-29-21-8-7-18(26)11-19(21)24(31)30(14)28-12-16-9-20(27)23(22(10-16)32-2)33-13-15-3-5-17(25)6-4-15/h3-12H,13H2,1-2H3. The van der Waals surface area contributed by atoms with E-state index in [9.17, 15) is 4.79 Å². The molecule has 3 aromatic carbocycles. The van der Waals surface area contributed by atoms with Gasteiger partial charge >= 0.3 is 0 Å². The summed E-state index contributed by atoms with van der Waals surface area (Å²) in [6.07, 6.45) is 1.53. The van der Waals surface area contributed by atoms with Crippen LogP contribution in [0.15, 0.2) is 73.4 Å². The molecule has 0 unspecified atom stereocenters. The molecule has 0 N–H and O–H groups in total. The third-order valence-corrected chi connectivity index (χ3v) is 6.14. The first-order valence-electron chi connectivity index (χ1n) is 9.84. The minimum Gasteiger partial charge on any atom is -0.493 e. The average molecular weight is 592 g/mol. The van der Waals surface area contributed by atoms with Crippen molar-refractivity contribution in [1.82, 2.24) is 9.66 Å². The van der Waals surface area contributed by atoms with Crippen molar-refractivity contribution >= 4 is 60.6 Å². The van der Waals surface area contributed by atoms with Gasteiger partial charge in [0.1, 0.15) is 12.4 Å². The van der Waals surface area contributed by atoms with E-state index in [0.29, 0.717) is 45.4 Å². The van der Waals surface area contributed by atoms with E-state index in [1.54, 1.807) is 38.3 Å². The van der Waals surface area contributed by atoms with Crippen molar-refractivity contribution in [1.29, 1.82) is 0 Å². The highest BCUT2D eigenvalue weighted by Crippen LogP contribution is 2.36. The zero-order chi connectivity index (χ0) is 23.5. The summed E-state index contributed by atoms with van der Waals surface area (Å²) < 4.78 is 14.4. The van der Waals surface area contributed by atoms with Gasteiger partial charge in [0.25, 0.3) is 5.56 Å². The SMILES string of the molecule is COc1cc(C=Nn2c(C)nc3ccc(Br)cc3c2=O)cc(Cl)c1OCc1ccc(Br)cc1. The van der Waals surface area contributed by atoms with Crippen molar-refractivity contribution in [3.63, 3.8) is 0 Å². The molecule has 1 aromatic heterocycles. The van der Waals surface area contributed by atoms with Gasteiger partial charge in [-0.15, -0.1) is 0 Å². The Morgan fingerprint density at radius 2 is 1.82 bits per heavy atom. The van der Waals surface area contributed by atoms with Crippen LogP contribution in [-0.2, 0) is 6.61 Å². The molecule has 9 heteroatoms. The van der Waals surface area contributed by atoms with Gasteiger partial charge in [-0.1, -0.05) is 55.6 Å². The Morgan fingerprint density at radius 1 is 1.09 bits per heavy atom. The van der Waals surface area contributed by atoms with Crippen LogP contribution in [0, 0.1) is 6.92 Å². The smallest absolute Gasteiger partial charge is 0.282 e. The molecule has 0 aliphatic heterocycles. The van der Waals surface area contributed by atoms with Crippen LogP contribution >= 0.6 is 43.5 Å². The summed E-state index contributed by atoms with van der Waals surface area (Å²) in [5, 5.41) is 5.19. The maximum Gasteiger partial charge on any atom is 0.282 e. The van der Waals surface area contributed by atoms with E-state index in [-0.39, 0.29) is 5.56 Å². The second kappa shape index (κ2) is 10.1. The molecular weight excluding hydrogens is 574 g/mol. The molecule has 0 spiro atoms. The van der Waals surface area contributed by atoms with Gasteiger partial charge < -0.3 is 9.47 Å². The highest BCUT2D eigenvalue weighted by molar-refractivity contribution is 9.10. The molecule has 0 bridgehead atoms. The highest BCUT2D eigenvalue weighted by atomic mass is 79.9. The lowest BCUT2D eigenvalue weighted by atomic mass is 10.2. The average Bonchev–Trinajstić information content (AvgIpc) is 2.79. The quantitative estimate of drug-likeness (QED) is 0.245. The Kier molecular flexibility index (Phi) is 7.17. The second-order valence-electron chi connectivity index (χ2n) is 7.13. The van der Waals surface area contributed by atoms with Crippen LogP contribution in [0.4, 0.5) is 0 Å². The van der Waals surface area contributed by atoms with Crippen molar-refractivity contribution in [3.05, 3.63) is 95.9 Å². The maximum atomic E-state index is 12.9. The fraction of sp³-hybridized carbons (Fsp3) is 0.125. The van der Waals surface area contributed by atoms with Crippen molar-refractivity contribution in [2.24, 2.45) is 5.10 Å². The number of fused-ring (bicyclic) bond motifs is 1. The lowest BCUT2D eigenvalue weighted by molar-refractivity contribution is 0.284. The van der Waals surface area contributed by atoms with Crippen molar-refractivity contribution < 1.29 is 9.47 Å². The molecule has 0 saturated heterocycles. The lowest BCUT2D eigenvalue weighted by Gasteiger charge is -2.13. The van der Waals surface area contributed by atoms with Crippen LogP contribution in [0.2, 0.25) is 5.02 Å². The molecule has 0 fully saturated rings. The largest absolute Gasteiger partial charge is 0.493 e. The van der Waals surface area contributed by atoms with Crippen LogP contribution in [0.25, 0.3) is 10.9 Å². The highest BCUT2D eigenvalue weighted by Gasteiger charge is 2.13. The first kappa shape index (κ1) is 23.5. The second-order valence-corrected chi connectivity index (χ2v) is 9.37. The molecule has 6 nitrogen and oxygen atoms in total. The molecule has 1 heterocycles. The Bertz CT molecular complexity index is 1420. The van der Waals surface area contributed by atoms with Crippen LogP contribution in [-0.4, -0.2) is 23.0 Å². The minimum absolute atomic E-state index is 0.262. The van der Waals surface area contributed by atoms with Crippen LogP contribution < -0.4 is 15.0 Å². The van der Waals surface area contributed by atoms with Crippen molar-refractivity contribution in [2.75, 3.05) is 7.11 Å². The maximum absolute atomic E-state index is 12.9. The number of hydrogen-bond acceptors (Lipinski definition) is 5.